The van der Waals surface area contributed by atoms with Gasteiger partial charge in [0.05, 0.1) is 30.7 Å². The summed E-state index contributed by atoms with van der Waals surface area (Å²) in [4.78, 5) is 11.9. The lowest BCUT2D eigenvalue weighted by Crippen LogP contribution is -2.24. The highest BCUT2D eigenvalue weighted by Crippen LogP contribution is 2.30. The summed E-state index contributed by atoms with van der Waals surface area (Å²) in [7, 11) is 0. The first kappa shape index (κ1) is 21.6. The smallest absolute Gasteiger partial charge is 0.389 e. The van der Waals surface area contributed by atoms with E-state index in [1.807, 2.05) is 22.9 Å². The summed E-state index contributed by atoms with van der Waals surface area (Å²) < 4.78 is 51.0. The van der Waals surface area contributed by atoms with Gasteiger partial charge in [-0.25, -0.2) is 4.68 Å². The van der Waals surface area contributed by atoms with Gasteiger partial charge in [-0.05, 0) is 57.1 Å². The average Bonchev–Trinajstić information content (AvgIpc) is 3.12. The molecule has 3 rings (SSSR count). The molecule has 1 aromatic heterocycles. The van der Waals surface area contributed by atoms with Crippen molar-refractivity contribution in [2.45, 2.75) is 64.3 Å². The number of hydrogen-bond donors (Lipinski definition) is 0. The quantitative estimate of drug-likeness (QED) is 0.560. The number of carbonyl (C=O) groups is 1. The summed E-state index contributed by atoms with van der Waals surface area (Å²) in [6, 6.07) is 5.87. The summed E-state index contributed by atoms with van der Waals surface area (Å²) >= 11 is 0. The first-order valence-electron chi connectivity index (χ1n) is 10.2. The van der Waals surface area contributed by atoms with Crippen molar-refractivity contribution in [1.29, 1.82) is 0 Å². The third-order valence-corrected chi connectivity index (χ3v) is 5.26. The van der Waals surface area contributed by atoms with Gasteiger partial charge in [-0.1, -0.05) is 12.1 Å². The molecule has 0 N–H and O–H groups in total. The number of nitrogens with zero attached hydrogens (tertiary/aromatic N) is 2. The van der Waals surface area contributed by atoms with E-state index in [1.54, 1.807) is 13.1 Å². The van der Waals surface area contributed by atoms with E-state index in [-0.39, 0.29) is 19.3 Å². The maximum atomic E-state index is 12.8. The predicted molar refractivity (Wildman–Crippen MR) is 102 cm³/mol. The van der Waals surface area contributed by atoms with Gasteiger partial charge in [-0.2, -0.15) is 18.3 Å². The van der Waals surface area contributed by atoms with E-state index in [4.69, 9.17) is 9.47 Å². The van der Waals surface area contributed by atoms with Crippen LogP contribution >= 0.6 is 0 Å². The fourth-order valence-electron chi connectivity index (χ4n) is 3.88. The molecule has 160 valence electrons. The second-order valence-corrected chi connectivity index (χ2v) is 7.42. The SMILES string of the molecule is CCOC(=O)C(CCCc1cccc2c1cnn2C1CCCCO1)CC(F)(F)F. The monoisotopic (exact) mass is 412 g/mol. The van der Waals surface area contributed by atoms with Crippen LogP contribution in [-0.4, -0.2) is 35.1 Å². The van der Waals surface area contributed by atoms with Crippen LogP contribution in [0, 0.1) is 5.92 Å². The summed E-state index contributed by atoms with van der Waals surface area (Å²) in [6.45, 7) is 2.39. The Bertz CT molecular complexity index is 813. The normalized spacial score (nSPS) is 18.7. The number of ether oxygens (including phenoxy) is 2. The zero-order chi connectivity index (χ0) is 20.9. The molecule has 1 aliphatic heterocycles. The lowest BCUT2D eigenvalue weighted by Gasteiger charge is -2.23. The molecule has 1 aromatic carbocycles. The number of esters is 1. The highest BCUT2D eigenvalue weighted by molar-refractivity contribution is 5.82. The summed E-state index contributed by atoms with van der Waals surface area (Å²) in [5, 5.41) is 5.47. The molecule has 1 aliphatic rings. The van der Waals surface area contributed by atoms with E-state index < -0.39 is 24.5 Å². The van der Waals surface area contributed by atoms with Gasteiger partial charge in [-0.3, -0.25) is 4.79 Å². The van der Waals surface area contributed by atoms with Crippen molar-refractivity contribution >= 4 is 16.9 Å². The van der Waals surface area contributed by atoms with Crippen LogP contribution in [0.15, 0.2) is 24.4 Å². The summed E-state index contributed by atoms with van der Waals surface area (Å²) in [6.07, 6.45) is 0.421. The summed E-state index contributed by atoms with van der Waals surface area (Å²) in [5.41, 5.74) is 1.98. The van der Waals surface area contributed by atoms with Crippen molar-refractivity contribution in [3.05, 3.63) is 30.0 Å². The van der Waals surface area contributed by atoms with Crippen LogP contribution in [0.3, 0.4) is 0 Å². The van der Waals surface area contributed by atoms with Gasteiger partial charge < -0.3 is 9.47 Å². The molecule has 5 nitrogen and oxygen atoms in total. The first-order chi connectivity index (χ1) is 13.9. The zero-order valence-electron chi connectivity index (χ0n) is 16.6. The van der Waals surface area contributed by atoms with Crippen molar-refractivity contribution < 1.29 is 27.4 Å². The molecular formula is C21H27F3N2O3. The fraction of sp³-hybridized carbons (Fsp3) is 0.619. The largest absolute Gasteiger partial charge is 0.466 e. The second-order valence-electron chi connectivity index (χ2n) is 7.42. The molecule has 1 fully saturated rings. The van der Waals surface area contributed by atoms with E-state index in [0.717, 1.165) is 42.3 Å². The van der Waals surface area contributed by atoms with Crippen molar-refractivity contribution in [3.63, 3.8) is 0 Å². The Morgan fingerprint density at radius 3 is 2.90 bits per heavy atom. The summed E-state index contributed by atoms with van der Waals surface area (Å²) in [5.74, 6) is -1.93. The second kappa shape index (κ2) is 9.61. The van der Waals surface area contributed by atoms with Crippen molar-refractivity contribution in [2.75, 3.05) is 13.2 Å². The Morgan fingerprint density at radius 2 is 2.21 bits per heavy atom. The highest BCUT2D eigenvalue weighted by atomic mass is 19.4. The molecular weight excluding hydrogens is 385 g/mol. The number of halogens is 3. The van der Waals surface area contributed by atoms with Crippen molar-refractivity contribution in [2.24, 2.45) is 5.92 Å². The van der Waals surface area contributed by atoms with Crippen LogP contribution < -0.4 is 0 Å². The topological polar surface area (TPSA) is 53.3 Å². The Kier molecular flexibility index (Phi) is 7.16. The number of carbonyl (C=O) groups excluding carboxylic acids is 1. The molecule has 2 aromatic rings. The third-order valence-electron chi connectivity index (χ3n) is 5.26. The number of alkyl halides is 3. The minimum Gasteiger partial charge on any atom is -0.466 e. The number of aryl methyl sites for hydroxylation is 1. The van der Waals surface area contributed by atoms with Gasteiger partial charge in [0.15, 0.2) is 6.23 Å². The Morgan fingerprint density at radius 1 is 1.38 bits per heavy atom. The van der Waals surface area contributed by atoms with Gasteiger partial charge in [0.25, 0.3) is 0 Å². The minimum atomic E-state index is -4.39. The van der Waals surface area contributed by atoms with E-state index >= 15 is 0 Å². The van der Waals surface area contributed by atoms with Crippen molar-refractivity contribution in [1.82, 2.24) is 9.78 Å². The lowest BCUT2D eigenvalue weighted by atomic mass is 9.95. The van der Waals surface area contributed by atoms with E-state index in [9.17, 15) is 18.0 Å². The molecule has 0 radical (unpaired) electrons. The maximum absolute atomic E-state index is 12.8. The van der Waals surface area contributed by atoms with Crippen LogP contribution in [-0.2, 0) is 20.7 Å². The molecule has 1 saturated heterocycles. The van der Waals surface area contributed by atoms with Crippen LogP contribution in [0.2, 0.25) is 0 Å². The number of fused-ring (bicyclic) bond motifs is 1. The fourth-order valence-corrected chi connectivity index (χ4v) is 3.88. The lowest BCUT2D eigenvalue weighted by molar-refractivity contribution is -0.168. The predicted octanol–water partition coefficient (Wildman–Crippen LogP) is 5.19. The van der Waals surface area contributed by atoms with E-state index in [1.165, 1.54) is 0 Å². The van der Waals surface area contributed by atoms with Gasteiger partial charge in [0.2, 0.25) is 0 Å². The highest BCUT2D eigenvalue weighted by Gasteiger charge is 2.35. The van der Waals surface area contributed by atoms with Crippen LogP contribution in [0.4, 0.5) is 13.2 Å². The van der Waals surface area contributed by atoms with Gasteiger partial charge >= 0.3 is 12.1 Å². The van der Waals surface area contributed by atoms with Crippen molar-refractivity contribution in [3.8, 4) is 0 Å². The third kappa shape index (κ3) is 5.72. The molecule has 0 aliphatic carbocycles. The average molecular weight is 412 g/mol. The molecule has 0 amide bonds. The van der Waals surface area contributed by atoms with E-state index in [0.29, 0.717) is 12.8 Å². The molecule has 8 heteroatoms. The molecule has 0 spiro atoms. The molecule has 0 bridgehead atoms. The van der Waals surface area contributed by atoms with Crippen LogP contribution in [0.1, 0.15) is 57.2 Å². The Labute approximate surface area is 168 Å². The van der Waals surface area contributed by atoms with Crippen LogP contribution in [0.25, 0.3) is 10.9 Å². The maximum Gasteiger partial charge on any atom is 0.389 e. The minimum absolute atomic E-state index is 0.0727. The van der Waals surface area contributed by atoms with Gasteiger partial charge in [0, 0.05) is 12.0 Å². The standard InChI is InChI=1S/C21H27F3N2O3/c1-2-28-20(27)16(13-21(22,23)24)9-5-7-15-8-6-10-18-17(15)14-25-26(18)19-11-3-4-12-29-19/h6,8,10,14,16,19H,2-5,7,9,11-13H2,1H3. The number of aromatic nitrogens is 2. The molecule has 0 saturated carbocycles. The van der Waals surface area contributed by atoms with Gasteiger partial charge in [0.1, 0.15) is 0 Å². The van der Waals surface area contributed by atoms with Gasteiger partial charge in [-0.15, -0.1) is 0 Å². The number of rotatable bonds is 8. The Balaban J connectivity index is 1.68. The molecule has 2 unspecified atom stereocenters. The molecule has 2 heterocycles. The molecule has 29 heavy (non-hydrogen) atoms. The first-order valence-corrected chi connectivity index (χ1v) is 10.2. The van der Waals surface area contributed by atoms with E-state index in [2.05, 4.69) is 5.10 Å². The number of benzene rings is 1. The Hall–Kier alpha value is -2.09. The number of hydrogen-bond acceptors (Lipinski definition) is 4. The zero-order valence-corrected chi connectivity index (χ0v) is 16.6. The van der Waals surface area contributed by atoms with Crippen LogP contribution in [0.5, 0.6) is 0 Å². The molecule has 2 atom stereocenters.